The van der Waals surface area contributed by atoms with Crippen LogP contribution in [-0.4, -0.2) is 28.7 Å². The molecule has 22 heavy (non-hydrogen) atoms. The Balaban J connectivity index is 2.03. The molecule has 114 valence electrons. The van der Waals surface area contributed by atoms with Crippen LogP contribution in [0.3, 0.4) is 0 Å². The number of carbonyl (C=O) groups excluding carboxylic acids is 2. The zero-order chi connectivity index (χ0) is 16.1. The van der Waals surface area contributed by atoms with Gasteiger partial charge < -0.3 is 10.2 Å². The first-order chi connectivity index (χ1) is 10.5. The molecule has 0 spiro atoms. The van der Waals surface area contributed by atoms with Crippen molar-refractivity contribution >= 4 is 17.5 Å². The summed E-state index contributed by atoms with van der Waals surface area (Å²) in [6.07, 6.45) is 1.71. The van der Waals surface area contributed by atoms with E-state index in [1.807, 2.05) is 25.1 Å². The van der Waals surface area contributed by atoms with Gasteiger partial charge in [-0.1, -0.05) is 6.07 Å². The average molecular weight is 297 g/mol. The summed E-state index contributed by atoms with van der Waals surface area (Å²) in [5.74, 6) is -0.00114. The Morgan fingerprint density at radius 2 is 1.82 bits per heavy atom. The third kappa shape index (κ3) is 3.69. The molecule has 1 N–H and O–H groups in total. The summed E-state index contributed by atoms with van der Waals surface area (Å²) in [5, 5.41) is 2.81. The van der Waals surface area contributed by atoms with Crippen molar-refractivity contribution in [3.8, 4) is 0 Å². The highest BCUT2D eigenvalue weighted by atomic mass is 16.2. The van der Waals surface area contributed by atoms with Gasteiger partial charge >= 0.3 is 6.03 Å². The van der Waals surface area contributed by atoms with Crippen molar-refractivity contribution in [3.63, 3.8) is 0 Å². The molecule has 5 heteroatoms. The van der Waals surface area contributed by atoms with Crippen LogP contribution in [0.2, 0.25) is 0 Å². The molecule has 1 aromatic heterocycles. The van der Waals surface area contributed by atoms with Gasteiger partial charge in [0.05, 0.1) is 11.7 Å². The van der Waals surface area contributed by atoms with E-state index in [1.165, 1.54) is 6.92 Å². The molecule has 2 aromatic rings. The lowest BCUT2D eigenvalue weighted by atomic mass is 10.1. The van der Waals surface area contributed by atoms with Crippen LogP contribution < -0.4 is 5.32 Å². The summed E-state index contributed by atoms with van der Waals surface area (Å²) in [6, 6.07) is 12.1. The second-order valence-electron chi connectivity index (χ2n) is 5.11. The quantitative estimate of drug-likeness (QED) is 0.878. The minimum atomic E-state index is -0.228. The van der Waals surface area contributed by atoms with Gasteiger partial charge in [0.2, 0.25) is 0 Å². The summed E-state index contributed by atoms with van der Waals surface area (Å²) in [7, 11) is 1.72. The highest BCUT2D eigenvalue weighted by Crippen LogP contribution is 2.18. The van der Waals surface area contributed by atoms with Crippen molar-refractivity contribution in [2.75, 3.05) is 12.4 Å². The molecule has 0 aliphatic rings. The predicted octanol–water partition coefficient (Wildman–Crippen LogP) is 3.51. The van der Waals surface area contributed by atoms with E-state index >= 15 is 0 Å². The topological polar surface area (TPSA) is 62.3 Å². The standard InChI is InChI=1S/C17H19N3O2/c1-12(16-6-4-5-11-18-16)20(3)17(22)19-15-9-7-14(8-10-15)13(2)21/h4-12H,1-3H3,(H,19,22). The van der Waals surface area contributed by atoms with Crippen LogP contribution in [0.5, 0.6) is 0 Å². The lowest BCUT2D eigenvalue weighted by Gasteiger charge is -2.24. The van der Waals surface area contributed by atoms with Crippen molar-refractivity contribution in [3.05, 3.63) is 59.9 Å². The summed E-state index contributed by atoms with van der Waals surface area (Å²) in [6.45, 7) is 3.43. The zero-order valence-corrected chi connectivity index (χ0v) is 12.9. The molecule has 0 radical (unpaired) electrons. The Bertz CT molecular complexity index is 653. The third-order valence-corrected chi connectivity index (χ3v) is 3.56. The van der Waals surface area contributed by atoms with Crippen molar-refractivity contribution in [2.24, 2.45) is 0 Å². The number of carbonyl (C=O) groups is 2. The Hall–Kier alpha value is -2.69. The van der Waals surface area contributed by atoms with Crippen LogP contribution in [0.25, 0.3) is 0 Å². The molecular weight excluding hydrogens is 278 g/mol. The molecule has 0 aliphatic carbocycles. The van der Waals surface area contributed by atoms with E-state index in [0.717, 1.165) is 5.69 Å². The zero-order valence-electron chi connectivity index (χ0n) is 12.9. The molecule has 1 heterocycles. The maximum Gasteiger partial charge on any atom is 0.322 e. The second kappa shape index (κ2) is 6.85. The molecule has 0 fully saturated rings. The first-order valence-electron chi connectivity index (χ1n) is 7.05. The third-order valence-electron chi connectivity index (χ3n) is 3.56. The molecule has 2 rings (SSSR count). The monoisotopic (exact) mass is 297 g/mol. The molecular formula is C17H19N3O2. The van der Waals surface area contributed by atoms with Gasteiger partial charge in [-0.25, -0.2) is 4.79 Å². The molecule has 1 unspecified atom stereocenters. The number of hydrogen-bond donors (Lipinski definition) is 1. The van der Waals surface area contributed by atoms with Gasteiger partial charge in [0.25, 0.3) is 0 Å². The number of pyridine rings is 1. The molecule has 1 aromatic carbocycles. The van der Waals surface area contributed by atoms with Crippen molar-refractivity contribution < 1.29 is 9.59 Å². The first kappa shape index (κ1) is 15.7. The number of urea groups is 1. The molecule has 0 bridgehead atoms. The van der Waals surface area contributed by atoms with Gasteiger partial charge in [-0.05, 0) is 50.2 Å². The molecule has 2 amide bonds. The van der Waals surface area contributed by atoms with E-state index < -0.39 is 0 Å². The largest absolute Gasteiger partial charge is 0.322 e. The van der Waals surface area contributed by atoms with Gasteiger partial charge in [-0.15, -0.1) is 0 Å². The molecule has 1 atom stereocenters. The summed E-state index contributed by atoms with van der Waals surface area (Å²) >= 11 is 0. The van der Waals surface area contributed by atoms with Gasteiger partial charge in [-0.3, -0.25) is 9.78 Å². The van der Waals surface area contributed by atoms with E-state index in [-0.39, 0.29) is 17.9 Å². The number of anilines is 1. The minimum absolute atomic E-state index is 0.00114. The SMILES string of the molecule is CC(=O)c1ccc(NC(=O)N(C)C(C)c2ccccn2)cc1. The van der Waals surface area contributed by atoms with Crippen LogP contribution in [-0.2, 0) is 0 Å². The summed E-state index contributed by atoms with van der Waals surface area (Å²) in [4.78, 5) is 29.3. The fraction of sp³-hybridized carbons (Fsp3) is 0.235. The van der Waals surface area contributed by atoms with Crippen molar-refractivity contribution in [1.29, 1.82) is 0 Å². The summed E-state index contributed by atoms with van der Waals surface area (Å²) < 4.78 is 0. The second-order valence-corrected chi connectivity index (χ2v) is 5.11. The first-order valence-corrected chi connectivity index (χ1v) is 7.05. The molecule has 0 saturated carbocycles. The lowest BCUT2D eigenvalue weighted by molar-refractivity contribution is 0.101. The van der Waals surface area contributed by atoms with Gasteiger partial charge in [0, 0.05) is 24.5 Å². The van der Waals surface area contributed by atoms with Crippen LogP contribution in [0.15, 0.2) is 48.7 Å². The smallest absolute Gasteiger partial charge is 0.319 e. The summed E-state index contributed by atoms with van der Waals surface area (Å²) in [5.41, 5.74) is 2.09. The maximum absolute atomic E-state index is 12.3. The molecule has 5 nitrogen and oxygen atoms in total. The average Bonchev–Trinajstić information content (AvgIpc) is 2.54. The van der Waals surface area contributed by atoms with Crippen LogP contribution in [0, 0.1) is 0 Å². The van der Waals surface area contributed by atoms with Gasteiger partial charge in [0.15, 0.2) is 5.78 Å². The number of aromatic nitrogens is 1. The van der Waals surface area contributed by atoms with E-state index in [2.05, 4.69) is 10.3 Å². The van der Waals surface area contributed by atoms with E-state index in [1.54, 1.807) is 42.4 Å². The van der Waals surface area contributed by atoms with Crippen molar-refractivity contribution in [2.45, 2.75) is 19.9 Å². The van der Waals surface area contributed by atoms with Gasteiger partial charge in [0.1, 0.15) is 0 Å². The Morgan fingerprint density at radius 3 is 2.36 bits per heavy atom. The Labute approximate surface area is 130 Å². The fourth-order valence-electron chi connectivity index (χ4n) is 2.00. The van der Waals surface area contributed by atoms with Crippen molar-refractivity contribution in [1.82, 2.24) is 9.88 Å². The van der Waals surface area contributed by atoms with Crippen LogP contribution >= 0.6 is 0 Å². The number of nitrogens with one attached hydrogen (secondary N) is 1. The number of nitrogens with zero attached hydrogens (tertiary/aromatic N) is 2. The lowest BCUT2D eigenvalue weighted by Crippen LogP contribution is -2.33. The predicted molar refractivity (Wildman–Crippen MR) is 85.9 cm³/mol. The molecule has 0 saturated heterocycles. The number of rotatable bonds is 4. The van der Waals surface area contributed by atoms with Crippen LogP contribution in [0.1, 0.15) is 35.9 Å². The molecule has 0 aliphatic heterocycles. The highest BCUT2D eigenvalue weighted by molar-refractivity contribution is 5.95. The number of Topliss-reactive ketones (excluding diaryl/α,β-unsaturated/α-hetero) is 1. The van der Waals surface area contributed by atoms with Gasteiger partial charge in [-0.2, -0.15) is 0 Å². The number of amides is 2. The normalized spacial score (nSPS) is 11.6. The highest BCUT2D eigenvalue weighted by Gasteiger charge is 2.18. The van der Waals surface area contributed by atoms with E-state index in [0.29, 0.717) is 11.3 Å². The number of ketones is 1. The van der Waals surface area contributed by atoms with E-state index in [4.69, 9.17) is 0 Å². The number of hydrogen-bond acceptors (Lipinski definition) is 3. The minimum Gasteiger partial charge on any atom is -0.319 e. The fourth-order valence-corrected chi connectivity index (χ4v) is 2.00. The van der Waals surface area contributed by atoms with Crippen LogP contribution in [0.4, 0.5) is 10.5 Å². The van der Waals surface area contributed by atoms with E-state index in [9.17, 15) is 9.59 Å². The number of benzene rings is 1. The Morgan fingerprint density at radius 1 is 1.14 bits per heavy atom. The maximum atomic E-state index is 12.3. The Kier molecular flexibility index (Phi) is 4.88.